The molecular formula is C11H19Ru. The normalized spacial score (nSPS) is 11.8. The Morgan fingerprint density at radius 3 is 1.75 bits per heavy atom. The van der Waals surface area contributed by atoms with Crippen LogP contribution in [0, 0.1) is 18.4 Å². The van der Waals surface area contributed by atoms with Gasteiger partial charge in [-0.2, -0.15) is 5.57 Å². The molecule has 0 N–H and O–H groups in total. The van der Waals surface area contributed by atoms with E-state index in [4.69, 9.17) is 6.58 Å². The minimum Gasteiger partial charge on any atom is -0.289 e. The number of rotatable bonds is 3. The number of hydrogen-bond acceptors (Lipinski definition) is 0. The van der Waals surface area contributed by atoms with E-state index in [1.807, 2.05) is 0 Å². The predicted octanol–water partition coefficient (Wildman–Crippen LogP) is 3.60. The summed E-state index contributed by atoms with van der Waals surface area (Å²) in [6, 6.07) is 0. The van der Waals surface area contributed by atoms with Gasteiger partial charge in [0.05, 0.1) is 0 Å². The molecule has 0 aromatic rings. The number of hydrogen-bond donors (Lipinski definition) is 0. The summed E-state index contributed by atoms with van der Waals surface area (Å²) in [7, 11) is 0. The third kappa shape index (κ3) is 5.72. The topological polar surface area (TPSA) is 0 Å². The van der Waals surface area contributed by atoms with Gasteiger partial charge in [0.15, 0.2) is 0 Å². The molecule has 0 fully saturated rings. The van der Waals surface area contributed by atoms with Crippen LogP contribution in [0.25, 0.3) is 0 Å². The van der Waals surface area contributed by atoms with E-state index in [2.05, 4.69) is 40.7 Å². The zero-order chi connectivity index (χ0) is 9.02. The molecule has 0 heterocycles. The smallest absolute Gasteiger partial charge is 0.289 e. The van der Waals surface area contributed by atoms with Gasteiger partial charge in [-0.25, -0.2) is 11.6 Å². The molecule has 0 aliphatic heterocycles. The summed E-state index contributed by atoms with van der Waals surface area (Å²) in [4.78, 5) is 0. The van der Waals surface area contributed by atoms with Crippen LogP contribution >= 0.6 is 0 Å². The Labute approximate surface area is 89.9 Å². The molecule has 0 aliphatic carbocycles. The molecule has 0 atom stereocenters. The van der Waals surface area contributed by atoms with E-state index in [9.17, 15) is 0 Å². The summed E-state index contributed by atoms with van der Waals surface area (Å²) in [5.74, 6) is 1.07. The Bertz CT molecular complexity index is 164. The summed E-state index contributed by atoms with van der Waals surface area (Å²) in [5.41, 5.74) is 2.34. The molecule has 71 valence electrons. The van der Waals surface area contributed by atoms with Crippen LogP contribution in [-0.2, 0) is 19.5 Å². The third-order valence-electron chi connectivity index (χ3n) is 1.97. The van der Waals surface area contributed by atoms with Gasteiger partial charge >= 0.3 is 19.5 Å². The van der Waals surface area contributed by atoms with E-state index >= 15 is 0 Å². The summed E-state index contributed by atoms with van der Waals surface area (Å²) < 4.78 is 0. The first-order valence-corrected chi connectivity index (χ1v) is 4.25. The first kappa shape index (κ1) is 14.6. The predicted molar refractivity (Wildman–Crippen MR) is 51.2 cm³/mol. The monoisotopic (exact) mass is 253 g/mol. The van der Waals surface area contributed by atoms with Crippen molar-refractivity contribution in [3.05, 3.63) is 23.8 Å². The van der Waals surface area contributed by atoms with Gasteiger partial charge in [0.25, 0.3) is 0 Å². The average molecular weight is 252 g/mol. The van der Waals surface area contributed by atoms with Crippen molar-refractivity contribution in [1.29, 1.82) is 0 Å². The van der Waals surface area contributed by atoms with E-state index in [0.29, 0.717) is 11.8 Å². The zero-order valence-corrected chi connectivity index (χ0v) is 10.4. The second-order valence-corrected chi connectivity index (χ2v) is 3.70. The molecule has 12 heavy (non-hydrogen) atoms. The molecule has 0 bridgehead atoms. The standard InChI is InChI=1S/C11H19.Ru/c1-8(2)10(5)7-11(6)9(3)4;/h5,7-9H,1-4,6H3;/q-1;+1. The summed E-state index contributed by atoms with van der Waals surface area (Å²) in [6.45, 7) is 16.5. The van der Waals surface area contributed by atoms with Crippen LogP contribution < -0.4 is 0 Å². The molecule has 0 unspecified atom stereocenters. The van der Waals surface area contributed by atoms with Gasteiger partial charge in [-0.1, -0.05) is 40.5 Å². The van der Waals surface area contributed by atoms with Gasteiger partial charge in [0.1, 0.15) is 0 Å². The SMILES string of the molecule is [CH-]=C(C=C(C)C(C)C)C(C)C.[Ru+]. The molecule has 0 saturated carbocycles. The van der Waals surface area contributed by atoms with Crippen molar-refractivity contribution in [1.82, 2.24) is 0 Å². The van der Waals surface area contributed by atoms with Gasteiger partial charge in [-0.05, 0) is 5.92 Å². The Hall–Kier alpha value is 0.103. The summed E-state index contributed by atoms with van der Waals surface area (Å²) in [6.07, 6.45) is 2.09. The van der Waals surface area contributed by atoms with Crippen molar-refractivity contribution in [2.24, 2.45) is 11.8 Å². The molecule has 1 radical (unpaired) electrons. The van der Waals surface area contributed by atoms with Crippen LogP contribution in [0.4, 0.5) is 0 Å². The van der Waals surface area contributed by atoms with E-state index < -0.39 is 0 Å². The van der Waals surface area contributed by atoms with Crippen LogP contribution in [0.1, 0.15) is 34.6 Å². The summed E-state index contributed by atoms with van der Waals surface area (Å²) in [5, 5.41) is 0. The molecule has 0 amide bonds. The van der Waals surface area contributed by atoms with E-state index in [1.54, 1.807) is 0 Å². The Morgan fingerprint density at radius 1 is 1.08 bits per heavy atom. The number of allylic oxidation sites excluding steroid dienone is 3. The fourth-order valence-electron chi connectivity index (χ4n) is 0.596. The minimum atomic E-state index is 0. The van der Waals surface area contributed by atoms with Crippen LogP contribution in [0.15, 0.2) is 17.2 Å². The van der Waals surface area contributed by atoms with E-state index in [0.717, 1.165) is 5.57 Å². The van der Waals surface area contributed by atoms with Gasteiger partial charge in [0.2, 0.25) is 0 Å². The maximum absolute atomic E-state index is 5.80. The molecule has 0 aromatic carbocycles. The van der Waals surface area contributed by atoms with Crippen molar-refractivity contribution in [2.75, 3.05) is 0 Å². The Balaban J connectivity index is 0. The van der Waals surface area contributed by atoms with Crippen LogP contribution in [0.3, 0.4) is 0 Å². The molecule has 0 spiro atoms. The van der Waals surface area contributed by atoms with Crippen molar-refractivity contribution in [2.45, 2.75) is 34.6 Å². The van der Waals surface area contributed by atoms with Crippen LogP contribution in [0.5, 0.6) is 0 Å². The van der Waals surface area contributed by atoms with E-state index in [-0.39, 0.29) is 19.5 Å². The van der Waals surface area contributed by atoms with Gasteiger partial charge in [0, 0.05) is 0 Å². The first-order chi connectivity index (χ1) is 4.95. The zero-order valence-electron chi connectivity index (χ0n) is 8.66. The fourth-order valence-corrected chi connectivity index (χ4v) is 0.596. The molecule has 1 heteroatoms. The van der Waals surface area contributed by atoms with Crippen molar-refractivity contribution < 1.29 is 19.5 Å². The molecule has 0 aliphatic rings. The largest absolute Gasteiger partial charge is 1.00 e. The molecule has 0 saturated heterocycles. The third-order valence-corrected chi connectivity index (χ3v) is 1.97. The summed E-state index contributed by atoms with van der Waals surface area (Å²) >= 11 is 0. The molecule has 0 nitrogen and oxygen atoms in total. The van der Waals surface area contributed by atoms with Crippen molar-refractivity contribution >= 4 is 0 Å². The molecule has 0 aromatic heterocycles. The Morgan fingerprint density at radius 2 is 1.50 bits per heavy atom. The second kappa shape index (κ2) is 6.60. The first-order valence-electron chi connectivity index (χ1n) is 4.25. The van der Waals surface area contributed by atoms with Crippen molar-refractivity contribution in [3.63, 3.8) is 0 Å². The van der Waals surface area contributed by atoms with Gasteiger partial charge in [-0.15, -0.1) is 0 Å². The molecular weight excluding hydrogens is 233 g/mol. The van der Waals surface area contributed by atoms with Gasteiger partial charge in [-0.3, -0.25) is 6.58 Å². The minimum absolute atomic E-state index is 0. The van der Waals surface area contributed by atoms with Crippen LogP contribution in [-0.4, -0.2) is 0 Å². The maximum Gasteiger partial charge on any atom is 1.00 e. The Kier molecular flexibility index (Phi) is 8.04. The quantitative estimate of drug-likeness (QED) is 0.409. The van der Waals surface area contributed by atoms with E-state index in [1.165, 1.54) is 5.57 Å². The maximum atomic E-state index is 5.80. The average Bonchev–Trinajstić information content (AvgIpc) is 1.87. The van der Waals surface area contributed by atoms with Gasteiger partial charge < -0.3 is 0 Å². The van der Waals surface area contributed by atoms with Crippen molar-refractivity contribution in [3.8, 4) is 0 Å². The molecule has 0 rings (SSSR count). The fraction of sp³-hybridized carbons (Fsp3) is 0.636. The van der Waals surface area contributed by atoms with Crippen LogP contribution in [0.2, 0.25) is 0 Å². The second-order valence-electron chi connectivity index (χ2n) is 3.70.